The molecule has 18 heavy (non-hydrogen) atoms. The Morgan fingerprint density at radius 1 is 1.28 bits per heavy atom. The molecule has 0 aliphatic carbocycles. The number of hydrogen-bond donors (Lipinski definition) is 2. The highest BCUT2D eigenvalue weighted by molar-refractivity contribution is 5.97. The van der Waals surface area contributed by atoms with E-state index in [2.05, 4.69) is 5.32 Å². The average molecular weight is 253 g/mol. The van der Waals surface area contributed by atoms with Crippen LogP contribution in [0.4, 0.5) is 0 Å². The first-order valence-corrected chi connectivity index (χ1v) is 5.96. The zero-order chi connectivity index (χ0) is 13.9. The normalized spacial score (nSPS) is 12.2. The summed E-state index contributed by atoms with van der Waals surface area (Å²) in [5, 5.41) is 11.5. The third-order valence-corrected chi connectivity index (χ3v) is 3.14. The van der Waals surface area contributed by atoms with Crippen LogP contribution in [-0.2, 0) is 4.79 Å². The Kier molecular flexibility index (Phi) is 4.53. The minimum absolute atomic E-state index is 0.133. The topological polar surface area (TPSA) is 79.5 Å². The van der Waals surface area contributed by atoms with Gasteiger partial charge in [0.25, 0.3) is 5.91 Å². The summed E-state index contributed by atoms with van der Waals surface area (Å²) in [7, 11) is 0. The van der Waals surface area contributed by atoms with Gasteiger partial charge in [0.1, 0.15) is 11.5 Å². The number of aryl methyl sites for hydroxylation is 2. The van der Waals surface area contributed by atoms with Gasteiger partial charge in [0, 0.05) is 12.1 Å². The Bertz CT molecular complexity index is 462. The minimum atomic E-state index is -0.894. The molecule has 0 aromatic carbocycles. The van der Waals surface area contributed by atoms with Gasteiger partial charge in [-0.05, 0) is 27.2 Å². The minimum Gasteiger partial charge on any atom is -0.481 e. The van der Waals surface area contributed by atoms with Crippen molar-refractivity contribution < 1.29 is 19.1 Å². The molecule has 1 amide bonds. The molecule has 0 aliphatic rings. The van der Waals surface area contributed by atoms with Gasteiger partial charge >= 0.3 is 5.97 Å². The SMILES string of the molecule is CCC(CNC(=O)c1c(C)oc(C)c1C)C(=O)O. The summed E-state index contributed by atoms with van der Waals surface area (Å²) in [6.45, 7) is 7.25. The van der Waals surface area contributed by atoms with E-state index in [-0.39, 0.29) is 12.5 Å². The maximum Gasteiger partial charge on any atom is 0.308 e. The highest BCUT2D eigenvalue weighted by atomic mass is 16.4. The lowest BCUT2D eigenvalue weighted by atomic mass is 10.1. The van der Waals surface area contributed by atoms with Crippen LogP contribution in [0.5, 0.6) is 0 Å². The van der Waals surface area contributed by atoms with Gasteiger partial charge in [-0.3, -0.25) is 9.59 Å². The fraction of sp³-hybridized carbons (Fsp3) is 0.538. The van der Waals surface area contributed by atoms with Gasteiger partial charge in [0.05, 0.1) is 11.5 Å². The van der Waals surface area contributed by atoms with Crippen LogP contribution in [-0.4, -0.2) is 23.5 Å². The van der Waals surface area contributed by atoms with Gasteiger partial charge in [0.2, 0.25) is 0 Å². The molecule has 5 nitrogen and oxygen atoms in total. The number of hydrogen-bond acceptors (Lipinski definition) is 3. The summed E-state index contributed by atoms with van der Waals surface area (Å²) in [6, 6.07) is 0. The summed E-state index contributed by atoms with van der Waals surface area (Å²) in [6.07, 6.45) is 0.484. The number of carboxylic acid groups (broad SMARTS) is 1. The molecule has 1 rings (SSSR count). The van der Waals surface area contributed by atoms with Gasteiger partial charge in [-0.2, -0.15) is 0 Å². The van der Waals surface area contributed by atoms with E-state index in [0.29, 0.717) is 23.5 Å². The molecule has 5 heteroatoms. The number of carboxylic acids is 1. The molecule has 0 fully saturated rings. The van der Waals surface area contributed by atoms with Crippen molar-refractivity contribution in [2.24, 2.45) is 5.92 Å². The van der Waals surface area contributed by atoms with Gasteiger partial charge in [0.15, 0.2) is 0 Å². The largest absolute Gasteiger partial charge is 0.481 e. The molecule has 0 saturated carbocycles. The van der Waals surface area contributed by atoms with Crippen molar-refractivity contribution in [3.63, 3.8) is 0 Å². The predicted molar refractivity (Wildman–Crippen MR) is 66.7 cm³/mol. The molecular formula is C13H19NO4. The van der Waals surface area contributed by atoms with Crippen LogP contribution in [0.3, 0.4) is 0 Å². The van der Waals surface area contributed by atoms with Gasteiger partial charge in [-0.25, -0.2) is 0 Å². The second-order valence-electron chi connectivity index (χ2n) is 4.37. The van der Waals surface area contributed by atoms with Crippen molar-refractivity contribution in [2.45, 2.75) is 34.1 Å². The number of aliphatic carboxylic acids is 1. The fourth-order valence-electron chi connectivity index (χ4n) is 1.84. The van der Waals surface area contributed by atoms with E-state index in [1.165, 1.54) is 0 Å². The molecular weight excluding hydrogens is 234 g/mol. The van der Waals surface area contributed by atoms with E-state index in [0.717, 1.165) is 5.56 Å². The number of carbonyl (C=O) groups is 2. The Balaban J connectivity index is 2.74. The van der Waals surface area contributed by atoms with Crippen LogP contribution in [0.2, 0.25) is 0 Å². The molecule has 1 aromatic heterocycles. The van der Waals surface area contributed by atoms with Gasteiger partial charge in [-0.1, -0.05) is 6.92 Å². The Morgan fingerprint density at radius 2 is 1.89 bits per heavy atom. The van der Waals surface area contributed by atoms with Crippen molar-refractivity contribution in [2.75, 3.05) is 6.54 Å². The summed E-state index contributed by atoms with van der Waals surface area (Å²) < 4.78 is 5.37. The number of nitrogens with one attached hydrogen (secondary N) is 1. The molecule has 100 valence electrons. The molecule has 0 saturated heterocycles. The maximum absolute atomic E-state index is 12.0. The first-order chi connectivity index (χ1) is 8.38. The molecule has 0 radical (unpaired) electrons. The van der Waals surface area contributed by atoms with Gasteiger partial charge in [-0.15, -0.1) is 0 Å². The Morgan fingerprint density at radius 3 is 2.28 bits per heavy atom. The smallest absolute Gasteiger partial charge is 0.308 e. The Hall–Kier alpha value is -1.78. The monoisotopic (exact) mass is 253 g/mol. The van der Waals surface area contributed by atoms with Crippen LogP contribution < -0.4 is 5.32 Å². The lowest BCUT2D eigenvalue weighted by molar-refractivity contribution is -0.141. The van der Waals surface area contributed by atoms with Crippen molar-refractivity contribution >= 4 is 11.9 Å². The van der Waals surface area contributed by atoms with Crippen molar-refractivity contribution in [3.05, 3.63) is 22.6 Å². The number of rotatable bonds is 5. The second kappa shape index (κ2) is 5.71. The van der Waals surface area contributed by atoms with Crippen molar-refractivity contribution in [1.82, 2.24) is 5.32 Å². The number of carbonyl (C=O) groups excluding carboxylic acids is 1. The average Bonchev–Trinajstić information content (AvgIpc) is 2.53. The quantitative estimate of drug-likeness (QED) is 0.841. The van der Waals surface area contributed by atoms with Crippen LogP contribution in [0.25, 0.3) is 0 Å². The standard InChI is InChI=1S/C13H19NO4/c1-5-10(13(16)17)6-14-12(15)11-7(2)8(3)18-9(11)4/h10H,5-6H2,1-4H3,(H,14,15)(H,16,17). The summed E-state index contributed by atoms with van der Waals surface area (Å²) in [5.41, 5.74) is 1.31. The molecule has 1 unspecified atom stereocenters. The zero-order valence-corrected chi connectivity index (χ0v) is 11.2. The highest BCUT2D eigenvalue weighted by Gasteiger charge is 2.21. The first-order valence-electron chi connectivity index (χ1n) is 5.96. The summed E-state index contributed by atoms with van der Waals surface area (Å²) in [5.74, 6) is -0.451. The van der Waals surface area contributed by atoms with E-state index in [1.54, 1.807) is 20.8 Å². The number of amides is 1. The van der Waals surface area contributed by atoms with E-state index in [1.807, 2.05) is 6.92 Å². The third-order valence-electron chi connectivity index (χ3n) is 3.14. The lowest BCUT2D eigenvalue weighted by Gasteiger charge is -2.11. The molecule has 1 aromatic rings. The van der Waals surface area contributed by atoms with E-state index in [4.69, 9.17) is 9.52 Å². The fourth-order valence-corrected chi connectivity index (χ4v) is 1.84. The summed E-state index contributed by atoms with van der Waals surface area (Å²) in [4.78, 5) is 22.8. The molecule has 1 atom stereocenters. The molecule has 2 N–H and O–H groups in total. The predicted octanol–water partition coefficient (Wildman–Crippen LogP) is 2.05. The van der Waals surface area contributed by atoms with Crippen LogP contribution in [0.15, 0.2) is 4.42 Å². The molecule has 0 aliphatic heterocycles. The molecule has 1 heterocycles. The van der Waals surface area contributed by atoms with Crippen molar-refractivity contribution in [3.8, 4) is 0 Å². The van der Waals surface area contributed by atoms with E-state index >= 15 is 0 Å². The second-order valence-corrected chi connectivity index (χ2v) is 4.37. The third kappa shape index (κ3) is 2.91. The highest BCUT2D eigenvalue weighted by Crippen LogP contribution is 2.20. The van der Waals surface area contributed by atoms with Crippen LogP contribution >= 0.6 is 0 Å². The van der Waals surface area contributed by atoms with Crippen LogP contribution in [0, 0.1) is 26.7 Å². The molecule has 0 bridgehead atoms. The zero-order valence-electron chi connectivity index (χ0n) is 11.2. The summed E-state index contributed by atoms with van der Waals surface area (Å²) >= 11 is 0. The maximum atomic E-state index is 12.0. The lowest BCUT2D eigenvalue weighted by Crippen LogP contribution is -2.33. The van der Waals surface area contributed by atoms with Gasteiger partial charge < -0.3 is 14.8 Å². The van der Waals surface area contributed by atoms with Crippen LogP contribution in [0.1, 0.15) is 40.8 Å². The van der Waals surface area contributed by atoms with E-state index in [9.17, 15) is 9.59 Å². The Labute approximate surface area is 106 Å². The molecule has 0 spiro atoms. The van der Waals surface area contributed by atoms with E-state index < -0.39 is 11.9 Å². The first kappa shape index (κ1) is 14.3. The number of furan rings is 1. The van der Waals surface area contributed by atoms with Crippen molar-refractivity contribution in [1.29, 1.82) is 0 Å².